The lowest BCUT2D eigenvalue weighted by molar-refractivity contribution is -0.136. The maximum absolute atomic E-state index is 10.8. The van der Waals surface area contributed by atoms with E-state index in [1.807, 2.05) is 47.5 Å². The van der Waals surface area contributed by atoms with Crippen molar-refractivity contribution < 1.29 is 9.90 Å². The number of aliphatic carboxylic acids is 1. The van der Waals surface area contributed by atoms with Crippen LogP contribution >= 0.6 is 0 Å². The van der Waals surface area contributed by atoms with Gasteiger partial charge in [0.05, 0.1) is 17.8 Å². The predicted molar refractivity (Wildman–Crippen MR) is 83.3 cm³/mol. The fraction of sp³-hybridized carbons (Fsp3) is 0.250. The van der Waals surface area contributed by atoms with Crippen LogP contribution in [0.5, 0.6) is 0 Å². The number of carbonyl (C=O) groups is 1. The molecule has 0 aliphatic carbocycles. The molecule has 0 fully saturated rings. The van der Waals surface area contributed by atoms with Crippen molar-refractivity contribution in [3.05, 3.63) is 54.4 Å². The largest absolute Gasteiger partial charge is 0.481 e. The molecule has 3 N–H and O–H groups in total. The molecule has 1 aromatic carbocycles. The molecule has 0 aliphatic rings. The van der Waals surface area contributed by atoms with Gasteiger partial charge in [0.25, 0.3) is 0 Å². The summed E-state index contributed by atoms with van der Waals surface area (Å²) in [5.74, 6) is -0.809. The zero-order valence-electron chi connectivity index (χ0n) is 11.8. The van der Waals surface area contributed by atoms with Crippen LogP contribution in [0.25, 0.3) is 0 Å². The molecule has 1 aromatic heterocycles. The number of nitrogens with two attached hydrogens (primary N) is 1. The molecule has 0 aliphatic heterocycles. The van der Waals surface area contributed by atoms with Crippen LogP contribution in [0.2, 0.25) is 0 Å². The summed E-state index contributed by atoms with van der Waals surface area (Å²) in [7, 11) is 0. The zero-order valence-corrected chi connectivity index (χ0v) is 11.8. The molecule has 5 nitrogen and oxygen atoms in total. The molecule has 2 rings (SSSR count). The summed E-state index contributed by atoms with van der Waals surface area (Å²) in [6.45, 7) is 1.14. The lowest BCUT2D eigenvalue weighted by Crippen LogP contribution is -2.29. The Morgan fingerprint density at radius 1 is 1.19 bits per heavy atom. The van der Waals surface area contributed by atoms with Crippen molar-refractivity contribution in [2.75, 3.05) is 23.7 Å². The minimum Gasteiger partial charge on any atom is -0.481 e. The lowest BCUT2D eigenvalue weighted by Gasteiger charge is -2.25. The molecule has 0 atom stereocenters. The number of nitrogens with zero attached hydrogens (tertiary/aromatic N) is 2. The van der Waals surface area contributed by atoms with Gasteiger partial charge in [-0.2, -0.15) is 0 Å². The SMILES string of the molecule is Nc1ccccc1N(CCC(=O)O)CCc1cccnc1. The Kier molecular flexibility index (Phi) is 5.15. The van der Waals surface area contributed by atoms with Crippen LogP contribution in [0.3, 0.4) is 0 Å². The van der Waals surface area contributed by atoms with Gasteiger partial charge in [0.2, 0.25) is 0 Å². The number of carboxylic acids is 1. The predicted octanol–water partition coefficient (Wildman–Crippen LogP) is 2.19. The summed E-state index contributed by atoms with van der Waals surface area (Å²) < 4.78 is 0. The van der Waals surface area contributed by atoms with E-state index in [-0.39, 0.29) is 6.42 Å². The number of nitrogen functional groups attached to an aromatic ring is 1. The van der Waals surface area contributed by atoms with Crippen LogP contribution < -0.4 is 10.6 Å². The van der Waals surface area contributed by atoms with E-state index in [0.29, 0.717) is 18.8 Å². The molecule has 110 valence electrons. The second kappa shape index (κ2) is 7.28. The molecule has 0 saturated heterocycles. The second-order valence-electron chi connectivity index (χ2n) is 4.80. The molecule has 0 radical (unpaired) electrons. The van der Waals surface area contributed by atoms with E-state index in [2.05, 4.69) is 4.98 Å². The van der Waals surface area contributed by atoms with Gasteiger partial charge in [0.1, 0.15) is 0 Å². The number of anilines is 2. The number of hydrogen-bond acceptors (Lipinski definition) is 4. The lowest BCUT2D eigenvalue weighted by atomic mass is 10.1. The molecule has 0 bridgehead atoms. The van der Waals surface area contributed by atoms with E-state index in [4.69, 9.17) is 10.8 Å². The van der Waals surface area contributed by atoms with Crippen LogP contribution in [-0.4, -0.2) is 29.1 Å². The van der Waals surface area contributed by atoms with Crippen LogP contribution in [-0.2, 0) is 11.2 Å². The van der Waals surface area contributed by atoms with Crippen molar-refractivity contribution in [2.45, 2.75) is 12.8 Å². The zero-order chi connectivity index (χ0) is 15.1. The average molecular weight is 285 g/mol. The van der Waals surface area contributed by atoms with Crippen molar-refractivity contribution in [3.63, 3.8) is 0 Å². The van der Waals surface area contributed by atoms with Crippen LogP contribution in [0.1, 0.15) is 12.0 Å². The highest BCUT2D eigenvalue weighted by molar-refractivity contribution is 5.70. The summed E-state index contributed by atoms with van der Waals surface area (Å²) in [5, 5.41) is 8.90. The normalized spacial score (nSPS) is 10.3. The molecule has 0 amide bonds. The maximum atomic E-state index is 10.8. The Balaban J connectivity index is 2.09. The molecule has 21 heavy (non-hydrogen) atoms. The Bertz CT molecular complexity index is 587. The number of aromatic nitrogens is 1. The third-order valence-electron chi connectivity index (χ3n) is 3.27. The average Bonchev–Trinajstić information content (AvgIpc) is 2.49. The fourth-order valence-corrected chi connectivity index (χ4v) is 2.17. The number of rotatable bonds is 7. The smallest absolute Gasteiger partial charge is 0.305 e. The molecule has 1 heterocycles. The van der Waals surface area contributed by atoms with Gasteiger partial charge in [0.15, 0.2) is 0 Å². The van der Waals surface area contributed by atoms with Crippen LogP contribution in [0.15, 0.2) is 48.8 Å². The van der Waals surface area contributed by atoms with E-state index in [1.165, 1.54) is 0 Å². The molecule has 5 heteroatoms. The Morgan fingerprint density at radius 3 is 2.67 bits per heavy atom. The number of benzene rings is 1. The summed E-state index contributed by atoms with van der Waals surface area (Å²) in [5.41, 5.74) is 8.65. The van der Waals surface area contributed by atoms with Gasteiger partial charge in [-0.3, -0.25) is 9.78 Å². The summed E-state index contributed by atoms with van der Waals surface area (Å²) in [4.78, 5) is 16.9. The highest BCUT2D eigenvalue weighted by Crippen LogP contribution is 2.23. The van der Waals surface area contributed by atoms with Gasteiger partial charge in [-0.25, -0.2) is 0 Å². The molecule has 0 saturated carbocycles. The quantitative estimate of drug-likeness (QED) is 0.762. The maximum Gasteiger partial charge on any atom is 0.305 e. The first-order chi connectivity index (χ1) is 10.2. The van der Waals surface area contributed by atoms with Crippen molar-refractivity contribution >= 4 is 17.3 Å². The monoisotopic (exact) mass is 285 g/mol. The molecule has 2 aromatic rings. The summed E-state index contributed by atoms with van der Waals surface area (Å²) in [6, 6.07) is 11.4. The van der Waals surface area contributed by atoms with Crippen LogP contribution in [0.4, 0.5) is 11.4 Å². The molecule has 0 spiro atoms. The summed E-state index contributed by atoms with van der Waals surface area (Å²) >= 11 is 0. The van der Waals surface area contributed by atoms with Gasteiger partial charge in [0, 0.05) is 25.5 Å². The van der Waals surface area contributed by atoms with Crippen molar-refractivity contribution in [1.82, 2.24) is 4.98 Å². The van der Waals surface area contributed by atoms with Crippen molar-refractivity contribution in [1.29, 1.82) is 0 Å². The topological polar surface area (TPSA) is 79.5 Å². The second-order valence-corrected chi connectivity index (χ2v) is 4.80. The third-order valence-corrected chi connectivity index (χ3v) is 3.27. The van der Waals surface area contributed by atoms with Gasteiger partial charge in [-0.1, -0.05) is 18.2 Å². The van der Waals surface area contributed by atoms with E-state index in [1.54, 1.807) is 6.20 Å². The first-order valence-electron chi connectivity index (χ1n) is 6.87. The van der Waals surface area contributed by atoms with Gasteiger partial charge >= 0.3 is 5.97 Å². The number of carboxylic acid groups (broad SMARTS) is 1. The van der Waals surface area contributed by atoms with Crippen molar-refractivity contribution in [3.8, 4) is 0 Å². The third kappa shape index (κ3) is 4.49. The molecular weight excluding hydrogens is 266 g/mol. The Morgan fingerprint density at radius 2 is 2.00 bits per heavy atom. The number of pyridine rings is 1. The van der Waals surface area contributed by atoms with Gasteiger partial charge < -0.3 is 15.7 Å². The first kappa shape index (κ1) is 14.8. The van der Waals surface area contributed by atoms with Crippen molar-refractivity contribution in [2.24, 2.45) is 0 Å². The Hall–Kier alpha value is -2.56. The summed E-state index contributed by atoms with van der Waals surface area (Å²) in [6.07, 6.45) is 4.44. The molecule has 0 unspecified atom stereocenters. The van der Waals surface area contributed by atoms with Crippen LogP contribution in [0, 0.1) is 0 Å². The van der Waals surface area contributed by atoms with E-state index in [0.717, 1.165) is 17.7 Å². The minimum absolute atomic E-state index is 0.0847. The minimum atomic E-state index is -0.809. The van der Waals surface area contributed by atoms with E-state index in [9.17, 15) is 4.79 Å². The van der Waals surface area contributed by atoms with E-state index < -0.39 is 5.97 Å². The van der Waals surface area contributed by atoms with Gasteiger partial charge in [-0.15, -0.1) is 0 Å². The number of hydrogen-bond donors (Lipinski definition) is 2. The molecular formula is C16H19N3O2. The standard InChI is InChI=1S/C16H19N3O2/c17-14-5-1-2-6-15(14)19(11-8-16(20)21)10-7-13-4-3-9-18-12-13/h1-6,9,12H,7-8,10-11,17H2,(H,20,21). The fourth-order valence-electron chi connectivity index (χ4n) is 2.17. The number of para-hydroxylation sites is 2. The highest BCUT2D eigenvalue weighted by Gasteiger charge is 2.11. The van der Waals surface area contributed by atoms with E-state index >= 15 is 0 Å². The first-order valence-corrected chi connectivity index (χ1v) is 6.87. The highest BCUT2D eigenvalue weighted by atomic mass is 16.4. The van der Waals surface area contributed by atoms with Gasteiger partial charge in [-0.05, 0) is 30.2 Å². The Labute approximate surface area is 124 Å².